The first kappa shape index (κ1) is 17.8. The minimum absolute atomic E-state index is 0.00186. The van der Waals surface area contributed by atoms with Crippen molar-refractivity contribution in [3.63, 3.8) is 0 Å². The molecule has 0 unspecified atom stereocenters. The van der Waals surface area contributed by atoms with Gasteiger partial charge < -0.3 is 4.90 Å². The lowest BCUT2D eigenvalue weighted by atomic mass is 10.1. The average Bonchev–Trinajstić information content (AvgIpc) is 2.96. The Bertz CT molecular complexity index is 917. The number of thiophene rings is 1. The maximum Gasteiger partial charge on any atom is 0.275 e. The van der Waals surface area contributed by atoms with E-state index in [1.54, 1.807) is 30.9 Å². The third-order valence-electron chi connectivity index (χ3n) is 4.16. The van der Waals surface area contributed by atoms with Crippen LogP contribution in [-0.2, 0) is 27.8 Å². The molecule has 7 nitrogen and oxygen atoms in total. The Hall–Kier alpha value is -2.00. The van der Waals surface area contributed by atoms with Gasteiger partial charge in [-0.3, -0.25) is 4.79 Å². The monoisotopic (exact) mass is 380 g/mol. The van der Waals surface area contributed by atoms with Gasteiger partial charge in [-0.2, -0.15) is 0 Å². The zero-order valence-electron chi connectivity index (χ0n) is 14.6. The van der Waals surface area contributed by atoms with Crippen molar-refractivity contribution in [2.45, 2.75) is 37.9 Å². The predicted octanol–water partition coefficient (Wildman–Crippen LogP) is 1.88. The summed E-state index contributed by atoms with van der Waals surface area (Å²) < 4.78 is 27.3. The van der Waals surface area contributed by atoms with Gasteiger partial charge in [-0.05, 0) is 38.0 Å². The summed E-state index contributed by atoms with van der Waals surface area (Å²) in [6, 6.07) is 3.47. The van der Waals surface area contributed by atoms with Gasteiger partial charge in [0, 0.05) is 43.3 Å². The molecule has 134 valence electrons. The SMILES string of the molecule is CC(=O)N1CCc2sc(S(=O)(=O)N(C)c3nc(C)cc(C)n3)cc2C1. The molecular formula is C16H20N4O3S2. The molecule has 0 fully saturated rings. The molecule has 0 N–H and O–H groups in total. The van der Waals surface area contributed by atoms with E-state index < -0.39 is 10.0 Å². The minimum Gasteiger partial charge on any atom is -0.338 e. The molecule has 0 saturated carbocycles. The van der Waals surface area contributed by atoms with Crippen LogP contribution in [0.2, 0.25) is 0 Å². The average molecular weight is 380 g/mol. The van der Waals surface area contributed by atoms with E-state index in [1.165, 1.54) is 25.3 Å². The molecule has 0 atom stereocenters. The quantitative estimate of drug-likeness (QED) is 0.812. The van der Waals surface area contributed by atoms with E-state index in [0.717, 1.165) is 14.7 Å². The number of hydrogen-bond acceptors (Lipinski definition) is 6. The number of rotatable bonds is 3. The lowest BCUT2D eigenvalue weighted by Crippen LogP contribution is -2.33. The molecule has 25 heavy (non-hydrogen) atoms. The number of carbonyl (C=O) groups excluding carboxylic acids is 1. The van der Waals surface area contributed by atoms with E-state index in [0.29, 0.717) is 30.9 Å². The van der Waals surface area contributed by atoms with Crippen LogP contribution in [0.25, 0.3) is 0 Å². The van der Waals surface area contributed by atoms with Crippen LogP contribution >= 0.6 is 11.3 Å². The number of aromatic nitrogens is 2. The van der Waals surface area contributed by atoms with Gasteiger partial charge in [0.15, 0.2) is 0 Å². The second kappa shape index (κ2) is 6.38. The highest BCUT2D eigenvalue weighted by atomic mass is 32.2. The van der Waals surface area contributed by atoms with Crippen LogP contribution in [0.15, 0.2) is 16.3 Å². The van der Waals surface area contributed by atoms with Crippen molar-refractivity contribution >= 4 is 33.2 Å². The van der Waals surface area contributed by atoms with Crippen LogP contribution in [-0.4, -0.2) is 42.8 Å². The van der Waals surface area contributed by atoms with E-state index in [9.17, 15) is 13.2 Å². The molecule has 9 heteroatoms. The Labute approximate surface area is 151 Å². The molecule has 0 spiro atoms. The summed E-state index contributed by atoms with van der Waals surface area (Å²) in [5.74, 6) is 0.163. The zero-order valence-corrected chi connectivity index (χ0v) is 16.2. The molecule has 0 aliphatic carbocycles. The number of aryl methyl sites for hydroxylation is 2. The first-order chi connectivity index (χ1) is 11.7. The van der Waals surface area contributed by atoms with Crippen LogP contribution in [0.4, 0.5) is 5.95 Å². The van der Waals surface area contributed by atoms with Gasteiger partial charge in [-0.1, -0.05) is 0 Å². The standard InChI is InChI=1S/C16H20N4O3S2/c1-10-7-11(2)18-16(17-10)19(4)25(22,23)15-8-13-9-20(12(3)21)6-5-14(13)24-15/h7-8H,5-6,9H2,1-4H3. The second-order valence-electron chi connectivity index (χ2n) is 6.13. The summed E-state index contributed by atoms with van der Waals surface area (Å²) in [6.45, 7) is 6.22. The van der Waals surface area contributed by atoms with Gasteiger partial charge in [0.25, 0.3) is 10.0 Å². The molecule has 3 rings (SSSR count). The number of carbonyl (C=O) groups is 1. The molecule has 0 bridgehead atoms. The van der Waals surface area contributed by atoms with E-state index >= 15 is 0 Å². The highest BCUT2D eigenvalue weighted by Crippen LogP contribution is 2.33. The van der Waals surface area contributed by atoms with Crippen molar-refractivity contribution in [2.24, 2.45) is 0 Å². The van der Waals surface area contributed by atoms with Crippen LogP contribution in [0.1, 0.15) is 28.8 Å². The van der Waals surface area contributed by atoms with Crippen LogP contribution in [0.5, 0.6) is 0 Å². The fraction of sp³-hybridized carbons (Fsp3) is 0.438. The third-order valence-corrected chi connectivity index (χ3v) is 7.58. The Balaban J connectivity index is 1.94. The summed E-state index contributed by atoms with van der Waals surface area (Å²) in [5, 5.41) is 0. The minimum atomic E-state index is -3.73. The summed E-state index contributed by atoms with van der Waals surface area (Å²) in [4.78, 5) is 22.8. The summed E-state index contributed by atoms with van der Waals surface area (Å²) in [5.41, 5.74) is 2.33. The molecule has 1 aliphatic heterocycles. The van der Waals surface area contributed by atoms with Gasteiger partial charge in [-0.25, -0.2) is 22.7 Å². The number of fused-ring (bicyclic) bond motifs is 1. The summed E-state index contributed by atoms with van der Waals surface area (Å²) in [7, 11) is -2.27. The second-order valence-corrected chi connectivity index (χ2v) is 9.46. The van der Waals surface area contributed by atoms with Gasteiger partial charge >= 0.3 is 0 Å². The fourth-order valence-corrected chi connectivity index (χ4v) is 5.60. The number of amides is 1. The van der Waals surface area contributed by atoms with Crippen molar-refractivity contribution in [1.29, 1.82) is 0 Å². The predicted molar refractivity (Wildman–Crippen MR) is 96.2 cm³/mol. The molecule has 2 aromatic heterocycles. The van der Waals surface area contributed by atoms with Crippen LogP contribution in [0.3, 0.4) is 0 Å². The molecule has 1 aliphatic rings. The lowest BCUT2D eigenvalue weighted by molar-refractivity contribution is -0.129. The molecule has 0 aromatic carbocycles. The molecule has 2 aromatic rings. The maximum atomic E-state index is 13.0. The number of nitrogens with zero attached hydrogens (tertiary/aromatic N) is 4. The maximum absolute atomic E-state index is 13.0. The lowest BCUT2D eigenvalue weighted by Gasteiger charge is -2.25. The molecule has 3 heterocycles. The van der Waals surface area contributed by atoms with E-state index in [1.807, 2.05) is 0 Å². The number of anilines is 1. The number of hydrogen-bond donors (Lipinski definition) is 0. The van der Waals surface area contributed by atoms with Crippen molar-refractivity contribution in [3.8, 4) is 0 Å². The smallest absolute Gasteiger partial charge is 0.275 e. The largest absolute Gasteiger partial charge is 0.338 e. The van der Waals surface area contributed by atoms with Gasteiger partial charge in [0.05, 0.1) is 0 Å². The first-order valence-electron chi connectivity index (χ1n) is 7.87. The normalized spacial score (nSPS) is 14.3. The summed E-state index contributed by atoms with van der Waals surface area (Å²) in [6.07, 6.45) is 0.679. The molecule has 0 radical (unpaired) electrons. The highest BCUT2D eigenvalue weighted by Gasteiger charge is 2.29. The van der Waals surface area contributed by atoms with Gasteiger partial charge in [0.2, 0.25) is 11.9 Å². The van der Waals surface area contributed by atoms with Crippen molar-refractivity contribution < 1.29 is 13.2 Å². The van der Waals surface area contributed by atoms with E-state index in [4.69, 9.17) is 0 Å². The Kier molecular flexibility index (Phi) is 4.54. The Morgan fingerprint density at radius 3 is 2.48 bits per heavy atom. The van der Waals surface area contributed by atoms with Crippen molar-refractivity contribution in [3.05, 3.63) is 34.0 Å². The molecule has 0 saturated heterocycles. The van der Waals surface area contributed by atoms with Crippen LogP contribution in [0, 0.1) is 13.8 Å². The third kappa shape index (κ3) is 3.38. The molecule has 1 amide bonds. The zero-order chi connectivity index (χ0) is 18.4. The Morgan fingerprint density at radius 2 is 1.88 bits per heavy atom. The van der Waals surface area contributed by atoms with Gasteiger partial charge in [-0.15, -0.1) is 11.3 Å². The fourth-order valence-electron chi connectivity index (χ4n) is 2.79. The topological polar surface area (TPSA) is 83.5 Å². The Morgan fingerprint density at radius 1 is 1.24 bits per heavy atom. The molecular weight excluding hydrogens is 360 g/mol. The van der Waals surface area contributed by atoms with E-state index in [-0.39, 0.29) is 16.1 Å². The van der Waals surface area contributed by atoms with Crippen molar-refractivity contribution in [2.75, 3.05) is 17.9 Å². The van der Waals surface area contributed by atoms with Crippen molar-refractivity contribution in [1.82, 2.24) is 14.9 Å². The first-order valence-corrected chi connectivity index (χ1v) is 10.1. The highest BCUT2D eigenvalue weighted by molar-refractivity contribution is 7.94. The number of sulfonamides is 1. The summed E-state index contributed by atoms with van der Waals surface area (Å²) >= 11 is 1.26. The van der Waals surface area contributed by atoms with Crippen LogP contribution < -0.4 is 4.31 Å². The van der Waals surface area contributed by atoms with Gasteiger partial charge in [0.1, 0.15) is 4.21 Å². The van der Waals surface area contributed by atoms with E-state index in [2.05, 4.69) is 9.97 Å².